The van der Waals surface area contributed by atoms with E-state index in [0.717, 1.165) is 5.56 Å². The van der Waals surface area contributed by atoms with Crippen LogP contribution < -0.4 is 21.3 Å². The zero-order chi connectivity index (χ0) is 30.8. The fourth-order valence-corrected chi connectivity index (χ4v) is 5.44. The van der Waals surface area contributed by atoms with Gasteiger partial charge in [0.25, 0.3) is 0 Å². The minimum atomic E-state index is -1.10. The first-order chi connectivity index (χ1) is 20.8. The van der Waals surface area contributed by atoms with Crippen LogP contribution >= 0.6 is 0 Å². The molecule has 0 aromatic heterocycles. The van der Waals surface area contributed by atoms with E-state index in [9.17, 15) is 24.0 Å². The lowest BCUT2D eigenvalue weighted by Crippen LogP contribution is -2.59. The number of amides is 5. The Morgan fingerprint density at radius 2 is 1.37 bits per heavy atom. The molecule has 11 nitrogen and oxygen atoms in total. The Bertz CT molecular complexity index is 1270. The van der Waals surface area contributed by atoms with E-state index in [1.54, 1.807) is 38.1 Å². The Morgan fingerprint density at radius 1 is 0.744 bits per heavy atom. The van der Waals surface area contributed by atoms with E-state index in [4.69, 9.17) is 4.74 Å². The molecule has 2 saturated heterocycles. The summed E-state index contributed by atoms with van der Waals surface area (Å²) in [5.41, 5.74) is 1.60. The molecule has 2 aromatic rings. The highest BCUT2D eigenvalue weighted by molar-refractivity contribution is 5.96. The summed E-state index contributed by atoms with van der Waals surface area (Å²) in [6.07, 6.45) is 1.56. The van der Waals surface area contributed by atoms with E-state index < -0.39 is 53.8 Å². The molecule has 5 atom stereocenters. The number of hydrogen-bond donors (Lipinski definition) is 4. The summed E-state index contributed by atoms with van der Waals surface area (Å²) in [7, 11) is 0. The third kappa shape index (κ3) is 8.41. The number of nitrogens with one attached hydrogen (secondary N) is 4. The van der Waals surface area contributed by atoms with Gasteiger partial charge in [0.15, 0.2) is 0 Å². The van der Waals surface area contributed by atoms with Crippen LogP contribution in [-0.2, 0) is 35.3 Å². The summed E-state index contributed by atoms with van der Waals surface area (Å²) in [4.78, 5) is 68.7. The van der Waals surface area contributed by atoms with E-state index >= 15 is 0 Å². The lowest BCUT2D eigenvalue weighted by Gasteiger charge is -2.31. The number of fused-ring (bicyclic) bond motifs is 1. The highest BCUT2D eigenvalue weighted by Gasteiger charge is 2.39. The Morgan fingerprint density at radius 3 is 2.05 bits per heavy atom. The average Bonchev–Trinajstić information content (AvgIpc) is 3.52. The molecule has 4 N–H and O–H groups in total. The van der Waals surface area contributed by atoms with Crippen LogP contribution in [0, 0.1) is 0 Å². The number of carbonyl (C=O) groups is 5. The van der Waals surface area contributed by atoms with Crippen LogP contribution in [0.5, 0.6) is 0 Å². The number of benzene rings is 2. The molecular formula is C32H41N5O6. The van der Waals surface area contributed by atoms with Gasteiger partial charge in [-0.05, 0) is 36.8 Å². The van der Waals surface area contributed by atoms with Crippen LogP contribution in [-0.4, -0.2) is 71.8 Å². The summed E-state index contributed by atoms with van der Waals surface area (Å²) in [5, 5.41) is 11.3. The molecule has 4 rings (SSSR count). The van der Waals surface area contributed by atoms with Gasteiger partial charge in [-0.1, -0.05) is 74.5 Å². The highest BCUT2D eigenvalue weighted by Crippen LogP contribution is 2.21. The van der Waals surface area contributed by atoms with Crippen molar-refractivity contribution in [3.05, 3.63) is 71.8 Å². The molecule has 11 heteroatoms. The monoisotopic (exact) mass is 591 g/mol. The zero-order valence-electron chi connectivity index (χ0n) is 24.7. The molecule has 0 spiro atoms. The van der Waals surface area contributed by atoms with E-state index in [2.05, 4.69) is 21.3 Å². The molecule has 2 aliphatic heterocycles. The molecule has 0 bridgehead atoms. The molecule has 2 fully saturated rings. The van der Waals surface area contributed by atoms with Crippen molar-refractivity contribution < 1.29 is 28.7 Å². The van der Waals surface area contributed by atoms with Gasteiger partial charge in [-0.2, -0.15) is 0 Å². The van der Waals surface area contributed by atoms with E-state index in [0.29, 0.717) is 31.4 Å². The van der Waals surface area contributed by atoms with Gasteiger partial charge in [0.1, 0.15) is 24.2 Å². The predicted molar refractivity (Wildman–Crippen MR) is 159 cm³/mol. The number of hydrogen-bond acceptors (Lipinski definition) is 6. The van der Waals surface area contributed by atoms with Crippen molar-refractivity contribution in [3.63, 3.8) is 0 Å². The second kappa shape index (κ2) is 15.3. The smallest absolute Gasteiger partial charge is 0.245 e. The van der Waals surface area contributed by atoms with Crippen molar-refractivity contribution in [3.8, 4) is 0 Å². The van der Waals surface area contributed by atoms with Crippen LogP contribution in [0.15, 0.2) is 60.7 Å². The first kappa shape index (κ1) is 31.7. The maximum Gasteiger partial charge on any atom is 0.245 e. The molecule has 2 heterocycles. The third-order valence-electron chi connectivity index (χ3n) is 7.86. The molecule has 2 aliphatic rings. The maximum absolute atomic E-state index is 13.7. The summed E-state index contributed by atoms with van der Waals surface area (Å²) in [5.74, 6) is -2.28. The van der Waals surface area contributed by atoms with Gasteiger partial charge < -0.3 is 30.9 Å². The molecule has 0 unspecified atom stereocenters. The van der Waals surface area contributed by atoms with E-state index in [1.165, 1.54) is 4.90 Å². The predicted octanol–water partition coefficient (Wildman–Crippen LogP) is 1.73. The standard InChI is InChI=1S/C32H41N5O6/c1-3-23-29(39)36-26(20-43-19-21-12-7-5-8-13-21)30(40)35-25(22-14-9-6-10-15-22)18-28(38)33-24(4-2)32(42)37-17-11-16-27(37)31(41)34-23/h5-10,12-15,23-27H,3-4,11,16-20H2,1-2H3,(H,33,38)(H,34,41)(H,35,40)(H,36,39)/t23-,24-,25+,26-,27-/m0/s1. The minimum Gasteiger partial charge on any atom is -0.374 e. The zero-order valence-corrected chi connectivity index (χ0v) is 24.7. The lowest BCUT2D eigenvalue weighted by atomic mass is 10.0. The quantitative estimate of drug-likeness (QED) is 0.386. The van der Waals surface area contributed by atoms with Gasteiger partial charge in [0.2, 0.25) is 29.5 Å². The normalized spacial score (nSPS) is 25.8. The van der Waals surface area contributed by atoms with Gasteiger partial charge in [-0.25, -0.2) is 0 Å². The molecule has 0 radical (unpaired) electrons. The summed E-state index contributed by atoms with van der Waals surface area (Å²) < 4.78 is 5.85. The average molecular weight is 592 g/mol. The van der Waals surface area contributed by atoms with E-state index in [1.807, 2.05) is 36.4 Å². The van der Waals surface area contributed by atoms with Crippen LogP contribution in [0.1, 0.15) is 63.1 Å². The topological polar surface area (TPSA) is 146 Å². The lowest BCUT2D eigenvalue weighted by molar-refractivity contribution is -0.142. The number of nitrogens with zero attached hydrogens (tertiary/aromatic N) is 1. The number of ether oxygens (including phenoxy) is 1. The number of rotatable bonds is 7. The number of carbonyl (C=O) groups excluding carboxylic acids is 5. The summed E-state index contributed by atoms with van der Waals surface area (Å²) in [6.45, 7) is 4.03. The van der Waals surface area contributed by atoms with Gasteiger partial charge in [-0.3, -0.25) is 24.0 Å². The molecule has 5 amide bonds. The fourth-order valence-electron chi connectivity index (χ4n) is 5.44. The molecule has 0 saturated carbocycles. The SMILES string of the molecule is CC[C@@H]1NC(=O)[C@@H]2CCCN2C(=O)[C@H](CC)NC(=O)C[C@H](c2ccccc2)NC(=O)[C@H](COCc2ccccc2)NC1=O. The largest absolute Gasteiger partial charge is 0.374 e. The minimum absolute atomic E-state index is 0.132. The van der Waals surface area contributed by atoms with Crippen molar-refractivity contribution in [2.45, 2.75) is 82.8 Å². The maximum atomic E-state index is 13.7. The molecule has 2 aromatic carbocycles. The van der Waals surface area contributed by atoms with Crippen LogP contribution in [0.4, 0.5) is 0 Å². The molecule has 43 heavy (non-hydrogen) atoms. The third-order valence-corrected chi connectivity index (χ3v) is 7.86. The van der Waals surface area contributed by atoms with Gasteiger partial charge >= 0.3 is 0 Å². The van der Waals surface area contributed by atoms with Crippen molar-refractivity contribution in [1.82, 2.24) is 26.2 Å². The Hall–Kier alpha value is -4.25. The fraction of sp³-hybridized carbons (Fsp3) is 0.469. The van der Waals surface area contributed by atoms with Crippen molar-refractivity contribution in [1.29, 1.82) is 0 Å². The van der Waals surface area contributed by atoms with Crippen LogP contribution in [0.3, 0.4) is 0 Å². The first-order valence-electron chi connectivity index (χ1n) is 15.0. The first-order valence-corrected chi connectivity index (χ1v) is 15.0. The Kier molecular flexibility index (Phi) is 11.3. The van der Waals surface area contributed by atoms with Gasteiger partial charge in [0, 0.05) is 6.54 Å². The van der Waals surface area contributed by atoms with Crippen molar-refractivity contribution in [2.75, 3.05) is 13.2 Å². The highest BCUT2D eigenvalue weighted by atomic mass is 16.5. The second-order valence-corrected chi connectivity index (χ2v) is 10.9. The summed E-state index contributed by atoms with van der Waals surface area (Å²) in [6, 6.07) is 14.2. The van der Waals surface area contributed by atoms with Crippen molar-refractivity contribution >= 4 is 29.5 Å². The van der Waals surface area contributed by atoms with Gasteiger partial charge in [-0.15, -0.1) is 0 Å². The van der Waals surface area contributed by atoms with Crippen molar-refractivity contribution in [2.24, 2.45) is 0 Å². The summed E-state index contributed by atoms with van der Waals surface area (Å²) >= 11 is 0. The van der Waals surface area contributed by atoms with Crippen LogP contribution in [0.2, 0.25) is 0 Å². The molecular weight excluding hydrogens is 550 g/mol. The second-order valence-electron chi connectivity index (χ2n) is 10.9. The van der Waals surface area contributed by atoms with Crippen LogP contribution in [0.25, 0.3) is 0 Å². The molecule has 230 valence electrons. The Balaban J connectivity index is 1.63. The molecule has 0 aliphatic carbocycles. The Labute approximate surface area is 252 Å². The van der Waals surface area contributed by atoms with Gasteiger partial charge in [0.05, 0.1) is 25.7 Å². The van der Waals surface area contributed by atoms with E-state index in [-0.39, 0.29) is 32.0 Å².